The van der Waals surface area contributed by atoms with Gasteiger partial charge in [0.25, 0.3) is 5.69 Å². The molecule has 24 heavy (non-hydrogen) atoms. The van der Waals surface area contributed by atoms with Gasteiger partial charge in [-0.3, -0.25) is 10.1 Å². The second kappa shape index (κ2) is 7.63. The minimum absolute atomic E-state index is 0.0310. The van der Waals surface area contributed by atoms with Crippen molar-refractivity contribution in [3.8, 4) is 11.5 Å². The van der Waals surface area contributed by atoms with Gasteiger partial charge in [0, 0.05) is 25.2 Å². The van der Waals surface area contributed by atoms with Crippen molar-refractivity contribution in [2.75, 3.05) is 14.1 Å². The fraction of sp³-hybridized carbons (Fsp3) is 0.125. The summed E-state index contributed by atoms with van der Waals surface area (Å²) in [6, 6.07) is 6.80. The molecule has 0 bridgehead atoms. The number of ether oxygens (including phenoxy) is 1. The van der Waals surface area contributed by atoms with Crippen molar-refractivity contribution in [1.82, 2.24) is 4.90 Å². The third-order valence-corrected chi connectivity index (χ3v) is 3.80. The minimum atomic E-state index is -0.627. The van der Waals surface area contributed by atoms with Crippen LogP contribution in [0.3, 0.4) is 0 Å². The molecule has 0 N–H and O–H groups in total. The summed E-state index contributed by atoms with van der Waals surface area (Å²) in [5.74, 6) is -0.408. The first kappa shape index (κ1) is 18.2. The van der Waals surface area contributed by atoms with Crippen molar-refractivity contribution < 1.29 is 14.1 Å². The highest BCUT2D eigenvalue weighted by atomic mass is 79.9. The lowest BCUT2D eigenvalue weighted by Crippen LogP contribution is -2.00. The molecule has 126 valence electrons. The van der Waals surface area contributed by atoms with Crippen LogP contribution in [0.4, 0.5) is 10.1 Å². The van der Waals surface area contributed by atoms with Crippen molar-refractivity contribution in [3.63, 3.8) is 0 Å². The zero-order valence-corrected chi connectivity index (χ0v) is 15.1. The maximum Gasteiger partial charge on any atom is 0.278 e. The summed E-state index contributed by atoms with van der Waals surface area (Å²) in [6.45, 7) is 0. The normalized spacial score (nSPS) is 10.9. The number of nitro benzene ring substituents is 1. The van der Waals surface area contributed by atoms with Crippen LogP contribution in [0.15, 0.2) is 41.0 Å². The molecule has 5 nitrogen and oxygen atoms in total. The van der Waals surface area contributed by atoms with Crippen LogP contribution in [-0.2, 0) is 0 Å². The monoisotopic (exact) mass is 414 g/mol. The topological polar surface area (TPSA) is 55.6 Å². The maximum atomic E-state index is 13.9. The molecular weight excluding hydrogens is 403 g/mol. The van der Waals surface area contributed by atoms with Crippen LogP contribution in [0, 0.1) is 15.9 Å². The van der Waals surface area contributed by atoms with Gasteiger partial charge in [-0.05, 0) is 52.5 Å². The number of hydrogen-bond acceptors (Lipinski definition) is 4. The van der Waals surface area contributed by atoms with Crippen LogP contribution in [0.1, 0.15) is 5.56 Å². The first-order valence-corrected chi connectivity index (χ1v) is 7.90. The number of nitrogens with zero attached hydrogens (tertiary/aromatic N) is 2. The van der Waals surface area contributed by atoms with Gasteiger partial charge in [-0.15, -0.1) is 0 Å². The van der Waals surface area contributed by atoms with Gasteiger partial charge < -0.3 is 9.64 Å². The van der Waals surface area contributed by atoms with Crippen LogP contribution >= 0.6 is 27.5 Å². The van der Waals surface area contributed by atoms with Crippen LogP contribution < -0.4 is 4.74 Å². The zero-order valence-electron chi connectivity index (χ0n) is 12.8. The minimum Gasteiger partial charge on any atom is -0.453 e. The van der Waals surface area contributed by atoms with Gasteiger partial charge in [0.15, 0.2) is 11.6 Å². The average Bonchev–Trinajstić information content (AvgIpc) is 2.49. The predicted molar refractivity (Wildman–Crippen MR) is 95.0 cm³/mol. The summed E-state index contributed by atoms with van der Waals surface area (Å²) >= 11 is 8.92. The largest absolute Gasteiger partial charge is 0.453 e. The third kappa shape index (κ3) is 4.46. The Kier molecular flexibility index (Phi) is 5.80. The van der Waals surface area contributed by atoms with Gasteiger partial charge in [0.05, 0.1) is 15.0 Å². The molecule has 0 radical (unpaired) electrons. The highest BCUT2D eigenvalue weighted by molar-refractivity contribution is 9.10. The highest BCUT2D eigenvalue weighted by Gasteiger charge is 2.18. The highest BCUT2D eigenvalue weighted by Crippen LogP contribution is 2.37. The Morgan fingerprint density at radius 2 is 2.00 bits per heavy atom. The number of hydrogen-bond donors (Lipinski definition) is 0. The SMILES string of the molecule is CN(C)/C=C/c1cc(Oc2ccc(Cl)cc2F)c(Br)cc1[N+](=O)[O-]. The van der Waals surface area contributed by atoms with E-state index in [1.165, 1.54) is 24.3 Å². The third-order valence-electron chi connectivity index (χ3n) is 2.94. The van der Waals surface area contributed by atoms with E-state index < -0.39 is 10.7 Å². The van der Waals surface area contributed by atoms with Crippen LogP contribution in [0.2, 0.25) is 5.02 Å². The molecule has 8 heteroatoms. The number of halogens is 3. The van der Waals surface area contributed by atoms with Gasteiger partial charge in [-0.2, -0.15) is 0 Å². The molecular formula is C16H13BrClFN2O3. The maximum absolute atomic E-state index is 13.9. The van der Waals surface area contributed by atoms with Crippen LogP contribution in [0.5, 0.6) is 11.5 Å². The van der Waals surface area contributed by atoms with Gasteiger partial charge >= 0.3 is 0 Å². The molecule has 2 aromatic carbocycles. The van der Waals surface area contributed by atoms with E-state index in [2.05, 4.69) is 15.9 Å². The lowest BCUT2D eigenvalue weighted by atomic mass is 10.1. The fourth-order valence-corrected chi connectivity index (χ4v) is 2.41. The first-order chi connectivity index (χ1) is 11.3. The van der Waals surface area contributed by atoms with E-state index in [0.29, 0.717) is 10.0 Å². The summed E-state index contributed by atoms with van der Waals surface area (Å²) in [5.41, 5.74) is 0.241. The Morgan fingerprint density at radius 1 is 1.29 bits per heavy atom. The van der Waals surface area contributed by atoms with Crippen LogP contribution in [0.25, 0.3) is 6.08 Å². The Balaban J connectivity index is 2.46. The van der Waals surface area contributed by atoms with E-state index in [4.69, 9.17) is 16.3 Å². The van der Waals surface area contributed by atoms with E-state index >= 15 is 0 Å². The Hall–Kier alpha value is -2.12. The van der Waals surface area contributed by atoms with E-state index in [9.17, 15) is 14.5 Å². The molecule has 0 aromatic heterocycles. The van der Waals surface area contributed by atoms with Gasteiger partial charge in [0.1, 0.15) is 5.75 Å². The van der Waals surface area contributed by atoms with Crippen molar-refractivity contribution in [2.45, 2.75) is 0 Å². The molecule has 0 atom stereocenters. The molecule has 2 rings (SSSR count). The molecule has 0 amide bonds. The molecule has 0 aliphatic rings. The van der Waals surface area contributed by atoms with Crippen LogP contribution in [-0.4, -0.2) is 23.9 Å². The predicted octanol–water partition coefficient (Wildman–Crippen LogP) is 5.47. The molecule has 0 heterocycles. The first-order valence-electron chi connectivity index (χ1n) is 6.73. The van der Waals surface area contributed by atoms with E-state index in [0.717, 1.165) is 6.07 Å². The second-order valence-electron chi connectivity index (χ2n) is 5.05. The smallest absolute Gasteiger partial charge is 0.278 e. The number of nitro groups is 1. The Labute approximate surface area is 151 Å². The lowest BCUT2D eigenvalue weighted by Gasteiger charge is -2.11. The molecule has 0 saturated heterocycles. The molecule has 0 unspecified atom stereocenters. The van der Waals surface area contributed by atoms with Gasteiger partial charge in [-0.25, -0.2) is 4.39 Å². The van der Waals surface area contributed by atoms with Crippen molar-refractivity contribution in [2.24, 2.45) is 0 Å². The molecule has 0 saturated carbocycles. The summed E-state index contributed by atoms with van der Waals surface area (Å²) in [7, 11) is 3.59. The second-order valence-corrected chi connectivity index (χ2v) is 6.35. The van der Waals surface area contributed by atoms with E-state index in [1.807, 2.05) is 0 Å². The van der Waals surface area contributed by atoms with Gasteiger partial charge in [0.2, 0.25) is 0 Å². The standard InChI is InChI=1S/C16H13BrClFN2O3/c1-20(2)6-5-10-7-16(12(17)9-14(10)21(22)23)24-15-4-3-11(18)8-13(15)19/h3-9H,1-2H3/b6-5+. The average molecular weight is 416 g/mol. The summed E-state index contributed by atoms with van der Waals surface area (Å²) in [4.78, 5) is 12.4. The lowest BCUT2D eigenvalue weighted by molar-refractivity contribution is -0.385. The van der Waals surface area contributed by atoms with Crippen molar-refractivity contribution >= 4 is 39.3 Å². The van der Waals surface area contributed by atoms with E-state index in [1.54, 1.807) is 31.3 Å². The molecule has 0 fully saturated rings. The summed E-state index contributed by atoms with van der Waals surface area (Å²) in [6.07, 6.45) is 3.25. The van der Waals surface area contributed by atoms with Crippen molar-refractivity contribution in [1.29, 1.82) is 0 Å². The molecule has 0 aliphatic heterocycles. The van der Waals surface area contributed by atoms with Gasteiger partial charge in [-0.1, -0.05) is 11.6 Å². The Morgan fingerprint density at radius 3 is 2.58 bits per heavy atom. The van der Waals surface area contributed by atoms with Crippen molar-refractivity contribution in [3.05, 3.63) is 67.5 Å². The van der Waals surface area contributed by atoms with E-state index in [-0.39, 0.29) is 22.2 Å². The fourth-order valence-electron chi connectivity index (χ4n) is 1.83. The molecule has 0 aliphatic carbocycles. The molecule has 2 aromatic rings. The zero-order chi connectivity index (χ0) is 17.9. The molecule has 0 spiro atoms. The summed E-state index contributed by atoms with van der Waals surface area (Å²) < 4.78 is 19.7. The summed E-state index contributed by atoms with van der Waals surface area (Å²) in [5, 5.41) is 11.4. The quantitative estimate of drug-likeness (QED) is 0.480. The Bertz CT molecular complexity index is 812. The number of rotatable bonds is 5. The number of benzene rings is 2.